The first-order valence-corrected chi connectivity index (χ1v) is 6.51. The van der Waals surface area contributed by atoms with Crippen molar-refractivity contribution in [2.45, 2.75) is 20.3 Å². The van der Waals surface area contributed by atoms with Gasteiger partial charge in [0, 0.05) is 29.5 Å². The minimum atomic E-state index is -1.08. The highest BCUT2D eigenvalue weighted by molar-refractivity contribution is 7.09. The third kappa shape index (κ3) is 2.41. The molecule has 0 aliphatic carbocycles. The van der Waals surface area contributed by atoms with Crippen molar-refractivity contribution in [2.24, 2.45) is 0 Å². The van der Waals surface area contributed by atoms with Crippen molar-refractivity contribution < 1.29 is 19.5 Å². The summed E-state index contributed by atoms with van der Waals surface area (Å²) in [7, 11) is 0. The molecule has 0 aromatic carbocycles. The van der Waals surface area contributed by atoms with Gasteiger partial charge in [-0.3, -0.25) is 14.5 Å². The molecular formula is C12H12N2O4S. The number of carboxylic acid groups (broad SMARTS) is 1. The molecule has 1 aliphatic rings. The normalized spacial score (nSPS) is 15.6. The van der Waals surface area contributed by atoms with E-state index in [2.05, 4.69) is 4.98 Å². The van der Waals surface area contributed by atoms with Crippen LogP contribution in [0, 0.1) is 0 Å². The maximum absolute atomic E-state index is 11.8. The summed E-state index contributed by atoms with van der Waals surface area (Å²) >= 11 is 1.21. The van der Waals surface area contributed by atoms with Crippen molar-refractivity contribution >= 4 is 29.1 Å². The summed E-state index contributed by atoms with van der Waals surface area (Å²) in [6, 6.07) is 0. The van der Waals surface area contributed by atoms with Gasteiger partial charge < -0.3 is 5.11 Å². The van der Waals surface area contributed by atoms with Crippen LogP contribution >= 0.6 is 11.3 Å². The molecule has 0 fully saturated rings. The summed E-state index contributed by atoms with van der Waals surface area (Å²) in [4.78, 5) is 39.4. The van der Waals surface area contributed by atoms with E-state index >= 15 is 0 Å². The van der Waals surface area contributed by atoms with E-state index < -0.39 is 5.97 Å². The van der Waals surface area contributed by atoms with Gasteiger partial charge in [0.15, 0.2) is 5.69 Å². The Hall–Kier alpha value is -2.02. The number of nitrogens with zero attached hydrogens (tertiary/aromatic N) is 2. The lowest BCUT2D eigenvalue weighted by molar-refractivity contribution is -0.137. The molecule has 0 atom stereocenters. The summed E-state index contributed by atoms with van der Waals surface area (Å²) in [6.45, 7) is 3.47. The average Bonchev–Trinajstić information content (AvgIpc) is 2.91. The monoisotopic (exact) mass is 280 g/mol. The van der Waals surface area contributed by atoms with Gasteiger partial charge in [-0.2, -0.15) is 0 Å². The second-order valence-electron chi connectivity index (χ2n) is 4.19. The zero-order valence-corrected chi connectivity index (χ0v) is 11.3. The summed E-state index contributed by atoms with van der Waals surface area (Å²) in [5.41, 5.74) is 0.926. The molecule has 6 nitrogen and oxygen atoms in total. The summed E-state index contributed by atoms with van der Waals surface area (Å²) in [6.07, 6.45) is 0.371. The van der Waals surface area contributed by atoms with Gasteiger partial charge in [0.1, 0.15) is 0 Å². The van der Waals surface area contributed by atoms with Crippen molar-refractivity contribution in [2.75, 3.05) is 6.54 Å². The standard InChI is InChI=1S/C12H12N2O4S/c1-6-7(2)11(16)14(10(6)15)4-3-9-13-8(5-19-9)12(17)18/h5H,3-4H2,1-2H3,(H,17,18). The molecule has 0 saturated carbocycles. The van der Waals surface area contributed by atoms with Gasteiger partial charge >= 0.3 is 5.97 Å². The molecule has 0 bridgehead atoms. The van der Waals surface area contributed by atoms with E-state index in [0.717, 1.165) is 0 Å². The number of imide groups is 1. The molecule has 0 radical (unpaired) electrons. The van der Waals surface area contributed by atoms with Crippen molar-refractivity contribution in [1.82, 2.24) is 9.88 Å². The van der Waals surface area contributed by atoms with Gasteiger partial charge in [0.2, 0.25) is 0 Å². The molecule has 1 aromatic rings. The van der Waals surface area contributed by atoms with Crippen LogP contribution in [0.4, 0.5) is 0 Å². The van der Waals surface area contributed by atoms with Gasteiger partial charge in [0.25, 0.3) is 11.8 Å². The first kappa shape index (κ1) is 13.4. The number of amides is 2. The molecule has 19 heavy (non-hydrogen) atoms. The van der Waals surface area contributed by atoms with E-state index in [0.29, 0.717) is 22.6 Å². The molecule has 2 rings (SSSR count). The summed E-state index contributed by atoms with van der Waals surface area (Å²) in [5, 5.41) is 10.8. The molecule has 2 amide bonds. The van der Waals surface area contributed by atoms with Gasteiger partial charge in [-0.25, -0.2) is 9.78 Å². The van der Waals surface area contributed by atoms with Crippen LogP contribution in [0.3, 0.4) is 0 Å². The van der Waals surface area contributed by atoms with Crippen molar-refractivity contribution in [1.29, 1.82) is 0 Å². The average molecular weight is 280 g/mol. The second kappa shape index (κ2) is 4.93. The molecule has 0 saturated heterocycles. The van der Waals surface area contributed by atoms with Crippen LogP contribution in [0.15, 0.2) is 16.5 Å². The van der Waals surface area contributed by atoms with Crippen molar-refractivity contribution in [3.8, 4) is 0 Å². The molecule has 100 valence electrons. The molecule has 0 unspecified atom stereocenters. The van der Waals surface area contributed by atoms with Crippen LogP contribution in [0.1, 0.15) is 29.3 Å². The number of carbonyl (C=O) groups is 3. The number of rotatable bonds is 4. The van der Waals surface area contributed by atoms with Crippen LogP contribution in [-0.2, 0) is 16.0 Å². The highest BCUT2D eigenvalue weighted by Gasteiger charge is 2.32. The molecule has 1 aromatic heterocycles. The maximum Gasteiger partial charge on any atom is 0.355 e. The molecule has 2 heterocycles. The van der Waals surface area contributed by atoms with Gasteiger partial charge in [-0.15, -0.1) is 11.3 Å². The smallest absolute Gasteiger partial charge is 0.355 e. The maximum atomic E-state index is 11.8. The van der Waals surface area contributed by atoms with Crippen molar-refractivity contribution in [3.63, 3.8) is 0 Å². The highest BCUT2D eigenvalue weighted by Crippen LogP contribution is 2.20. The predicted molar refractivity (Wildman–Crippen MR) is 67.9 cm³/mol. The van der Waals surface area contributed by atoms with E-state index in [-0.39, 0.29) is 24.1 Å². The van der Waals surface area contributed by atoms with Crippen LogP contribution in [0.25, 0.3) is 0 Å². The zero-order valence-electron chi connectivity index (χ0n) is 10.5. The lowest BCUT2D eigenvalue weighted by Gasteiger charge is -2.13. The predicted octanol–water partition coefficient (Wildman–Crippen LogP) is 1.09. The minimum Gasteiger partial charge on any atom is -0.476 e. The van der Waals surface area contributed by atoms with Crippen LogP contribution in [0.5, 0.6) is 0 Å². The third-order valence-electron chi connectivity index (χ3n) is 3.01. The van der Waals surface area contributed by atoms with E-state index in [1.54, 1.807) is 13.8 Å². The zero-order chi connectivity index (χ0) is 14.2. The highest BCUT2D eigenvalue weighted by atomic mass is 32.1. The van der Waals surface area contributed by atoms with E-state index in [1.165, 1.54) is 21.6 Å². The quantitative estimate of drug-likeness (QED) is 0.834. The summed E-state index contributed by atoms with van der Waals surface area (Å²) in [5.74, 6) is -1.64. The van der Waals surface area contributed by atoms with Crippen LogP contribution < -0.4 is 0 Å². The SMILES string of the molecule is CC1=C(C)C(=O)N(CCc2nc(C(=O)O)cs2)C1=O. The first-order chi connectivity index (χ1) is 8.91. The number of aromatic nitrogens is 1. The minimum absolute atomic E-state index is 0.00967. The third-order valence-corrected chi connectivity index (χ3v) is 3.92. The molecule has 1 aliphatic heterocycles. The lowest BCUT2D eigenvalue weighted by atomic mass is 10.2. The Balaban J connectivity index is 2.02. The topological polar surface area (TPSA) is 87.6 Å². The number of hydrogen-bond donors (Lipinski definition) is 1. The van der Waals surface area contributed by atoms with Crippen LogP contribution in [-0.4, -0.2) is 39.3 Å². The fraction of sp³-hybridized carbons (Fsp3) is 0.333. The first-order valence-electron chi connectivity index (χ1n) is 5.63. The molecule has 7 heteroatoms. The molecule has 0 spiro atoms. The number of carbonyl (C=O) groups excluding carboxylic acids is 2. The van der Waals surface area contributed by atoms with E-state index in [4.69, 9.17) is 5.11 Å². The van der Waals surface area contributed by atoms with E-state index in [1.807, 2.05) is 0 Å². The van der Waals surface area contributed by atoms with Crippen molar-refractivity contribution in [3.05, 3.63) is 27.2 Å². The Labute approximate surface area is 113 Å². The molecular weight excluding hydrogens is 268 g/mol. The largest absolute Gasteiger partial charge is 0.476 e. The van der Waals surface area contributed by atoms with Gasteiger partial charge in [0.05, 0.1) is 5.01 Å². The Morgan fingerprint density at radius 2 is 1.89 bits per heavy atom. The number of carboxylic acids is 1. The van der Waals surface area contributed by atoms with Crippen LogP contribution in [0.2, 0.25) is 0 Å². The number of thiazole rings is 1. The lowest BCUT2D eigenvalue weighted by Crippen LogP contribution is -2.33. The fourth-order valence-electron chi connectivity index (χ4n) is 1.75. The Morgan fingerprint density at radius 3 is 2.37 bits per heavy atom. The Bertz CT molecular complexity index is 579. The Kier molecular flexibility index (Phi) is 3.48. The number of aromatic carboxylic acids is 1. The second-order valence-corrected chi connectivity index (χ2v) is 5.14. The van der Waals surface area contributed by atoms with Gasteiger partial charge in [-0.05, 0) is 13.8 Å². The van der Waals surface area contributed by atoms with E-state index in [9.17, 15) is 14.4 Å². The number of hydrogen-bond acceptors (Lipinski definition) is 5. The summed E-state index contributed by atoms with van der Waals surface area (Å²) < 4.78 is 0. The Morgan fingerprint density at radius 1 is 1.32 bits per heavy atom. The van der Waals surface area contributed by atoms with Gasteiger partial charge in [-0.1, -0.05) is 0 Å². The molecule has 1 N–H and O–H groups in total. The fourth-order valence-corrected chi connectivity index (χ4v) is 2.51.